The van der Waals surface area contributed by atoms with Crippen molar-refractivity contribution in [3.63, 3.8) is 0 Å². The molecule has 0 atom stereocenters. The Morgan fingerprint density at radius 3 is 2.07 bits per heavy atom. The highest BCUT2D eigenvalue weighted by molar-refractivity contribution is 6.09. The minimum Gasteiger partial charge on any atom is -0.457 e. The van der Waals surface area contributed by atoms with Gasteiger partial charge in [-0.15, -0.1) is 0 Å². The number of aromatic nitrogens is 3. The van der Waals surface area contributed by atoms with E-state index in [0.717, 1.165) is 63.6 Å². The van der Waals surface area contributed by atoms with E-state index in [4.69, 9.17) is 14.7 Å². The van der Waals surface area contributed by atoms with Gasteiger partial charge in [0.05, 0.1) is 34.8 Å². The van der Waals surface area contributed by atoms with Gasteiger partial charge >= 0.3 is 0 Å². The Morgan fingerprint density at radius 1 is 0.589 bits per heavy atom. The molecular formula is C50H47N5O. The maximum Gasteiger partial charge on any atom is 0.234 e. The molecule has 0 unspecified atom stereocenters. The van der Waals surface area contributed by atoms with Gasteiger partial charge in [-0.05, 0) is 82.3 Å². The van der Waals surface area contributed by atoms with Crippen molar-refractivity contribution in [2.75, 3.05) is 16.5 Å². The number of rotatable bonds is 7. The summed E-state index contributed by atoms with van der Waals surface area (Å²) < 4.78 is 9.10. The molecule has 9 rings (SSSR count). The first-order chi connectivity index (χ1) is 27.0. The molecule has 6 heteroatoms. The van der Waals surface area contributed by atoms with Gasteiger partial charge in [0.2, 0.25) is 5.95 Å². The zero-order valence-corrected chi connectivity index (χ0v) is 33.0. The molecule has 0 amide bonds. The number of ether oxygens (including phenoxy) is 1. The molecular weight excluding hydrogens is 687 g/mol. The van der Waals surface area contributed by atoms with Crippen LogP contribution < -0.4 is 14.5 Å². The molecule has 0 aliphatic carbocycles. The molecule has 0 saturated heterocycles. The molecule has 0 saturated carbocycles. The number of benzene rings is 6. The maximum absolute atomic E-state index is 6.91. The summed E-state index contributed by atoms with van der Waals surface area (Å²) in [5, 5.41) is 2.30. The molecule has 8 aromatic rings. The topological polar surface area (TPSA) is 46.4 Å². The average molecular weight is 734 g/mol. The van der Waals surface area contributed by atoms with Gasteiger partial charge < -0.3 is 14.5 Å². The van der Waals surface area contributed by atoms with Crippen molar-refractivity contribution in [1.29, 1.82) is 0 Å². The molecule has 2 aromatic heterocycles. The molecule has 1 aliphatic rings. The van der Waals surface area contributed by atoms with E-state index in [2.05, 4.69) is 195 Å². The molecule has 278 valence electrons. The first-order valence-corrected chi connectivity index (χ1v) is 19.5. The molecule has 0 fully saturated rings. The van der Waals surface area contributed by atoms with Crippen molar-refractivity contribution in [3.8, 4) is 28.6 Å². The van der Waals surface area contributed by atoms with Crippen molar-refractivity contribution in [3.05, 3.63) is 169 Å². The van der Waals surface area contributed by atoms with Gasteiger partial charge in [-0.1, -0.05) is 120 Å². The third kappa shape index (κ3) is 6.66. The third-order valence-corrected chi connectivity index (χ3v) is 10.8. The Labute approximate surface area is 329 Å². The van der Waals surface area contributed by atoms with Gasteiger partial charge in [0.25, 0.3) is 0 Å². The van der Waals surface area contributed by atoms with Crippen molar-refractivity contribution in [1.82, 2.24) is 14.5 Å². The summed E-state index contributed by atoms with van der Waals surface area (Å²) in [6, 6.07) is 51.7. The van der Waals surface area contributed by atoms with Crippen LogP contribution in [0.5, 0.6) is 11.5 Å². The summed E-state index contributed by atoms with van der Waals surface area (Å²) >= 11 is 0. The minimum atomic E-state index is -0.125. The van der Waals surface area contributed by atoms with E-state index in [1.165, 1.54) is 27.9 Å². The van der Waals surface area contributed by atoms with E-state index in [1.807, 2.05) is 12.3 Å². The zero-order chi connectivity index (χ0) is 38.6. The summed E-state index contributed by atoms with van der Waals surface area (Å²) in [5.41, 5.74) is 11.2. The number of para-hydroxylation sites is 2. The molecule has 56 heavy (non-hydrogen) atoms. The first kappa shape index (κ1) is 35.3. The van der Waals surface area contributed by atoms with Gasteiger partial charge in [0.15, 0.2) is 0 Å². The average Bonchev–Trinajstić information content (AvgIpc) is 3.73. The molecule has 1 aliphatic heterocycles. The third-order valence-electron chi connectivity index (χ3n) is 10.8. The van der Waals surface area contributed by atoms with Crippen LogP contribution >= 0.6 is 0 Å². The van der Waals surface area contributed by atoms with Crippen molar-refractivity contribution < 1.29 is 4.74 Å². The largest absolute Gasteiger partial charge is 0.457 e. The number of nitrogens with zero attached hydrogens (tertiary/aromatic N) is 5. The van der Waals surface area contributed by atoms with E-state index >= 15 is 0 Å². The Morgan fingerprint density at radius 2 is 1.32 bits per heavy atom. The maximum atomic E-state index is 6.91. The SMILES string of the molecule is CC(C)(C)c1ccc2c(c1)c1ccc(Oc3cc(-c4ccccc4)cc(N4CN(Cc5ccccc5)c5ccccc54)c3)cc1n2-c1nccc(C(C)(C)C)n1. The predicted molar refractivity (Wildman–Crippen MR) is 232 cm³/mol. The fraction of sp³-hybridized carbons (Fsp3) is 0.200. The molecule has 3 heterocycles. The lowest BCUT2D eigenvalue weighted by Gasteiger charge is -2.23. The Hall–Kier alpha value is -6.40. The monoisotopic (exact) mass is 733 g/mol. The lowest BCUT2D eigenvalue weighted by Crippen LogP contribution is -2.27. The van der Waals surface area contributed by atoms with Gasteiger partial charge in [-0.3, -0.25) is 4.57 Å². The van der Waals surface area contributed by atoms with Crippen LogP contribution in [0.2, 0.25) is 0 Å². The number of fused-ring (bicyclic) bond motifs is 4. The second-order valence-electron chi connectivity index (χ2n) is 16.9. The first-order valence-electron chi connectivity index (χ1n) is 19.5. The van der Waals surface area contributed by atoms with Gasteiger partial charge in [0.1, 0.15) is 11.5 Å². The van der Waals surface area contributed by atoms with Crippen LogP contribution in [0.15, 0.2) is 152 Å². The van der Waals surface area contributed by atoms with Gasteiger partial charge in [-0.25, -0.2) is 9.97 Å². The van der Waals surface area contributed by atoms with Crippen molar-refractivity contribution >= 4 is 38.9 Å². The van der Waals surface area contributed by atoms with E-state index in [-0.39, 0.29) is 10.8 Å². The highest BCUT2D eigenvalue weighted by atomic mass is 16.5. The summed E-state index contributed by atoms with van der Waals surface area (Å²) in [5.74, 6) is 2.16. The van der Waals surface area contributed by atoms with Crippen LogP contribution in [0.25, 0.3) is 38.9 Å². The Balaban J connectivity index is 1.16. The summed E-state index contributed by atoms with van der Waals surface area (Å²) in [7, 11) is 0. The van der Waals surface area contributed by atoms with Crippen LogP contribution in [-0.4, -0.2) is 21.2 Å². The van der Waals surface area contributed by atoms with Crippen LogP contribution in [0.4, 0.5) is 17.1 Å². The second kappa shape index (κ2) is 13.7. The minimum absolute atomic E-state index is 0.00419. The molecule has 0 radical (unpaired) electrons. The molecule has 6 nitrogen and oxygen atoms in total. The molecule has 0 N–H and O–H groups in total. The smallest absolute Gasteiger partial charge is 0.234 e. The van der Waals surface area contributed by atoms with Crippen LogP contribution in [0.3, 0.4) is 0 Å². The normalized spacial score (nSPS) is 13.1. The fourth-order valence-corrected chi connectivity index (χ4v) is 7.79. The summed E-state index contributed by atoms with van der Waals surface area (Å²) in [6.45, 7) is 14.9. The molecule has 0 spiro atoms. The quantitative estimate of drug-likeness (QED) is 0.163. The predicted octanol–water partition coefficient (Wildman–Crippen LogP) is 12.7. The number of anilines is 3. The summed E-state index contributed by atoms with van der Waals surface area (Å²) in [4.78, 5) is 14.8. The highest BCUT2D eigenvalue weighted by Crippen LogP contribution is 2.44. The fourth-order valence-electron chi connectivity index (χ4n) is 7.79. The van der Waals surface area contributed by atoms with E-state index in [1.54, 1.807) is 0 Å². The van der Waals surface area contributed by atoms with Crippen LogP contribution in [-0.2, 0) is 17.4 Å². The Kier molecular flexibility index (Phi) is 8.65. The van der Waals surface area contributed by atoms with Crippen molar-refractivity contribution in [2.24, 2.45) is 0 Å². The van der Waals surface area contributed by atoms with Crippen LogP contribution in [0, 0.1) is 0 Å². The highest BCUT2D eigenvalue weighted by Gasteiger charge is 2.28. The number of hydrogen-bond acceptors (Lipinski definition) is 5. The van der Waals surface area contributed by atoms with E-state index < -0.39 is 0 Å². The zero-order valence-electron chi connectivity index (χ0n) is 33.0. The Bertz CT molecular complexity index is 2700. The van der Waals surface area contributed by atoms with Gasteiger partial charge in [-0.2, -0.15) is 0 Å². The second-order valence-corrected chi connectivity index (χ2v) is 16.9. The molecule has 0 bridgehead atoms. The number of hydrogen-bond donors (Lipinski definition) is 0. The van der Waals surface area contributed by atoms with E-state index in [9.17, 15) is 0 Å². The van der Waals surface area contributed by atoms with Gasteiger partial charge in [0, 0.05) is 46.7 Å². The van der Waals surface area contributed by atoms with E-state index in [0.29, 0.717) is 5.95 Å². The van der Waals surface area contributed by atoms with Crippen molar-refractivity contribution in [2.45, 2.75) is 58.9 Å². The standard InChI is InChI=1S/C50H47N5O/c1-49(2,3)37-21-24-43-42(29-37)41-23-22-39(31-46(41)55(43)48-51-26-25-47(52-48)50(4,5)6)56-40-28-36(35-17-11-8-12-18-35)27-38(30-40)54-33-53(32-34-15-9-7-10-16-34)44-19-13-14-20-45(44)54/h7-31H,32-33H2,1-6H3. The lowest BCUT2D eigenvalue weighted by molar-refractivity contribution is 0.483. The summed E-state index contributed by atoms with van der Waals surface area (Å²) in [6.07, 6.45) is 1.87. The molecule has 6 aromatic carbocycles. The lowest BCUT2D eigenvalue weighted by atomic mass is 9.86. The van der Waals surface area contributed by atoms with Crippen LogP contribution in [0.1, 0.15) is 58.4 Å².